The molecule has 0 bridgehead atoms. The zero-order valence-corrected chi connectivity index (χ0v) is 13.3. The molecule has 0 rings (SSSR count). The van der Waals surface area contributed by atoms with Crippen molar-refractivity contribution in [3.63, 3.8) is 0 Å². The third-order valence-corrected chi connectivity index (χ3v) is 20.2. The second kappa shape index (κ2) is 7.18. The van der Waals surface area contributed by atoms with Crippen LogP contribution < -0.4 is 29.6 Å². The standard InChI is InChI=1S/C6H18Si2.N3.Na/c1-7(2,3)8(4,5)6;1-3-2;/h1-6H3;;/q;-1;+1. The van der Waals surface area contributed by atoms with Crippen molar-refractivity contribution < 1.29 is 29.6 Å². The SMILES string of the molecule is C[Si](C)(C)[Si](C)(C)C.[N-]=[N+]=[N-].[Na+]. The first kappa shape index (κ1) is 18.5. The van der Waals surface area contributed by atoms with Gasteiger partial charge >= 0.3 is 29.6 Å². The number of hydrogen-bond donors (Lipinski definition) is 0. The Hall–Kier alpha value is 0.744. The van der Waals surface area contributed by atoms with Gasteiger partial charge in [-0.15, -0.1) is 0 Å². The van der Waals surface area contributed by atoms with E-state index in [2.05, 4.69) is 39.3 Å². The maximum absolute atomic E-state index is 6.75. The summed E-state index contributed by atoms with van der Waals surface area (Å²) >= 11 is 0. The van der Waals surface area contributed by atoms with Gasteiger partial charge in [0.2, 0.25) is 0 Å². The number of nitrogens with zero attached hydrogens (tertiary/aromatic N) is 3. The van der Waals surface area contributed by atoms with E-state index in [1.807, 2.05) is 0 Å². The molecule has 0 heterocycles. The Morgan fingerprint density at radius 1 is 0.750 bits per heavy atom. The molecule has 0 spiro atoms. The smallest absolute Gasteiger partial charge is 0.373 e. The van der Waals surface area contributed by atoms with Crippen LogP contribution in [0.5, 0.6) is 0 Å². The first-order valence-corrected chi connectivity index (χ1v) is 11.6. The Labute approximate surface area is 99.5 Å². The van der Waals surface area contributed by atoms with Crippen LogP contribution >= 0.6 is 0 Å². The van der Waals surface area contributed by atoms with Crippen LogP contribution in [0.3, 0.4) is 0 Å². The van der Waals surface area contributed by atoms with Crippen molar-refractivity contribution in [2.24, 2.45) is 0 Å². The minimum absolute atomic E-state index is 0. The molecule has 0 amide bonds. The van der Waals surface area contributed by atoms with Gasteiger partial charge in [0.25, 0.3) is 0 Å². The molecule has 0 atom stereocenters. The van der Waals surface area contributed by atoms with Gasteiger partial charge in [0.15, 0.2) is 0 Å². The van der Waals surface area contributed by atoms with Crippen LogP contribution in [0.4, 0.5) is 0 Å². The molecule has 0 aromatic heterocycles. The molecule has 0 aliphatic heterocycles. The Balaban J connectivity index is -0.000000177. The summed E-state index contributed by atoms with van der Waals surface area (Å²) in [7, 11) is -1.44. The second-order valence-corrected chi connectivity index (χ2v) is 22.6. The Morgan fingerprint density at radius 2 is 0.833 bits per heavy atom. The molecule has 0 N–H and O–H groups in total. The van der Waals surface area contributed by atoms with E-state index in [0.717, 1.165) is 0 Å². The van der Waals surface area contributed by atoms with Gasteiger partial charge < -0.3 is 11.1 Å². The first-order valence-electron chi connectivity index (χ1n) is 3.65. The van der Waals surface area contributed by atoms with Gasteiger partial charge in [0.1, 0.15) is 0 Å². The average molecular weight is 211 g/mol. The van der Waals surface area contributed by atoms with Crippen LogP contribution in [0.25, 0.3) is 16.0 Å². The second-order valence-electron chi connectivity index (χ2n) is 4.59. The van der Waals surface area contributed by atoms with Crippen LogP contribution in [0.1, 0.15) is 0 Å². The van der Waals surface area contributed by atoms with E-state index in [4.69, 9.17) is 11.1 Å². The van der Waals surface area contributed by atoms with E-state index in [0.29, 0.717) is 0 Å². The molecule has 0 aromatic carbocycles. The van der Waals surface area contributed by atoms with Crippen molar-refractivity contribution in [3.05, 3.63) is 16.0 Å². The first-order chi connectivity index (χ1) is 4.66. The zero-order chi connectivity index (χ0) is 9.71. The van der Waals surface area contributed by atoms with E-state index in [1.165, 1.54) is 4.91 Å². The van der Waals surface area contributed by atoms with Crippen LogP contribution in [-0.4, -0.2) is 15.2 Å². The zero-order valence-electron chi connectivity index (χ0n) is 9.34. The van der Waals surface area contributed by atoms with Gasteiger partial charge in [-0.05, 0) is 0 Å². The molecule has 0 radical (unpaired) electrons. The van der Waals surface area contributed by atoms with Gasteiger partial charge in [0, 0.05) is 15.2 Å². The average Bonchev–Trinajstić information content (AvgIpc) is 1.60. The molecule has 6 heteroatoms. The molecule has 66 valence electrons. The number of hydrogen-bond acceptors (Lipinski definition) is 0. The molecule has 0 aliphatic carbocycles. The summed E-state index contributed by atoms with van der Waals surface area (Å²) in [4.78, 5) is 1.50. The largest absolute Gasteiger partial charge is 1.00 e. The monoisotopic (exact) mass is 211 g/mol. The topological polar surface area (TPSA) is 58.7 Å². The van der Waals surface area contributed by atoms with Crippen molar-refractivity contribution >= 4 is 15.2 Å². The summed E-state index contributed by atoms with van der Waals surface area (Å²) in [5.41, 5.74) is 13.5. The van der Waals surface area contributed by atoms with E-state index in [-0.39, 0.29) is 29.6 Å². The Bertz CT molecular complexity index is 130. The van der Waals surface area contributed by atoms with Gasteiger partial charge in [-0.2, -0.15) is 0 Å². The quantitative estimate of drug-likeness (QED) is 0.264. The summed E-state index contributed by atoms with van der Waals surface area (Å²) in [6.07, 6.45) is 0. The summed E-state index contributed by atoms with van der Waals surface area (Å²) in [6.45, 7) is 14.8. The molecule has 0 aliphatic rings. The van der Waals surface area contributed by atoms with E-state index in [9.17, 15) is 0 Å². The molecule has 0 saturated carbocycles. The van der Waals surface area contributed by atoms with Crippen LogP contribution in [0, 0.1) is 0 Å². The molecular formula is C6H18N3NaSi2. The van der Waals surface area contributed by atoms with Crippen molar-refractivity contribution in [1.29, 1.82) is 0 Å². The third-order valence-electron chi connectivity index (χ3n) is 2.25. The molecular weight excluding hydrogens is 193 g/mol. The fraction of sp³-hybridized carbons (Fsp3) is 1.00. The van der Waals surface area contributed by atoms with Crippen molar-refractivity contribution in [2.45, 2.75) is 39.3 Å². The summed E-state index contributed by atoms with van der Waals surface area (Å²) in [5, 5.41) is 0. The number of rotatable bonds is 1. The van der Waals surface area contributed by atoms with E-state index >= 15 is 0 Å². The van der Waals surface area contributed by atoms with Gasteiger partial charge in [-0.25, -0.2) is 0 Å². The van der Waals surface area contributed by atoms with Crippen LogP contribution in [0.2, 0.25) is 39.3 Å². The summed E-state index contributed by atoms with van der Waals surface area (Å²) in [6, 6.07) is 0. The molecule has 12 heavy (non-hydrogen) atoms. The van der Waals surface area contributed by atoms with Gasteiger partial charge in [-0.1, -0.05) is 39.3 Å². The fourth-order valence-electron chi connectivity index (χ4n) is 0. The predicted octanol–water partition coefficient (Wildman–Crippen LogP) is 0.611. The molecule has 0 saturated heterocycles. The molecule has 0 unspecified atom stereocenters. The Kier molecular flexibility index (Phi) is 11.1. The van der Waals surface area contributed by atoms with Gasteiger partial charge in [0.05, 0.1) is 0 Å². The minimum atomic E-state index is -0.720. The maximum Gasteiger partial charge on any atom is 1.00 e. The molecule has 0 fully saturated rings. The molecule has 3 nitrogen and oxygen atoms in total. The van der Waals surface area contributed by atoms with Crippen molar-refractivity contribution in [1.82, 2.24) is 0 Å². The van der Waals surface area contributed by atoms with Crippen molar-refractivity contribution in [2.75, 3.05) is 0 Å². The minimum Gasteiger partial charge on any atom is -0.373 e. The predicted molar refractivity (Wildman–Crippen MR) is 56.8 cm³/mol. The fourth-order valence-corrected chi connectivity index (χ4v) is 0. The summed E-state index contributed by atoms with van der Waals surface area (Å²) in [5.74, 6) is 0. The Morgan fingerprint density at radius 3 is 0.833 bits per heavy atom. The maximum atomic E-state index is 6.75. The van der Waals surface area contributed by atoms with Crippen LogP contribution in [-0.2, 0) is 0 Å². The normalized spacial score (nSPS) is 10.2. The van der Waals surface area contributed by atoms with E-state index < -0.39 is 15.2 Å². The van der Waals surface area contributed by atoms with Gasteiger partial charge in [-0.3, -0.25) is 4.91 Å². The van der Waals surface area contributed by atoms with Crippen LogP contribution in [0.15, 0.2) is 0 Å². The van der Waals surface area contributed by atoms with E-state index in [1.54, 1.807) is 0 Å². The third kappa shape index (κ3) is 10.7. The summed E-state index contributed by atoms with van der Waals surface area (Å²) < 4.78 is 0. The van der Waals surface area contributed by atoms with Crippen molar-refractivity contribution in [3.8, 4) is 0 Å². The molecule has 0 aromatic rings.